The minimum atomic E-state index is -1.14. The number of aromatic carboxylic acids is 1. The SMILES string of the molecule is CCOC(=O)C1C(=O)/C(=C/c2ccc(-c3ccccc3C(=O)O)o2)SC1=Nc1ccc(C)cc1. The normalized spacial score (nSPS) is 17.9. The fourth-order valence-corrected chi connectivity index (χ4v) is 4.52. The molecule has 0 amide bonds. The first-order chi connectivity index (χ1) is 16.4. The van der Waals surface area contributed by atoms with Gasteiger partial charge in [-0.05, 0) is 50.3 Å². The van der Waals surface area contributed by atoms with Crippen LogP contribution in [0.2, 0.25) is 0 Å². The summed E-state index contributed by atoms with van der Waals surface area (Å²) in [4.78, 5) is 42.0. The van der Waals surface area contributed by atoms with Crippen molar-refractivity contribution >= 4 is 46.3 Å². The second-order valence-corrected chi connectivity index (χ2v) is 8.56. The average Bonchev–Trinajstić information content (AvgIpc) is 3.40. The van der Waals surface area contributed by atoms with Gasteiger partial charge in [0.2, 0.25) is 0 Å². The number of benzene rings is 2. The van der Waals surface area contributed by atoms with Crippen LogP contribution in [-0.4, -0.2) is 34.5 Å². The van der Waals surface area contributed by atoms with Crippen LogP contribution in [0.4, 0.5) is 5.69 Å². The number of ketones is 1. The molecule has 34 heavy (non-hydrogen) atoms. The maximum atomic E-state index is 13.1. The van der Waals surface area contributed by atoms with Gasteiger partial charge in [0, 0.05) is 5.56 Å². The Labute approximate surface area is 200 Å². The highest BCUT2D eigenvalue weighted by Gasteiger charge is 2.43. The van der Waals surface area contributed by atoms with Crippen LogP contribution in [0.3, 0.4) is 0 Å². The molecule has 2 heterocycles. The van der Waals surface area contributed by atoms with Crippen molar-refractivity contribution < 1.29 is 28.6 Å². The molecule has 4 rings (SSSR count). The van der Waals surface area contributed by atoms with E-state index in [1.807, 2.05) is 31.2 Å². The van der Waals surface area contributed by atoms with E-state index in [0.717, 1.165) is 17.3 Å². The van der Waals surface area contributed by atoms with Gasteiger partial charge in [0.05, 0.1) is 22.8 Å². The first-order valence-electron chi connectivity index (χ1n) is 10.6. The third-order valence-electron chi connectivity index (χ3n) is 5.09. The first-order valence-corrected chi connectivity index (χ1v) is 11.4. The summed E-state index contributed by atoms with van der Waals surface area (Å²) in [5.74, 6) is -2.56. The lowest BCUT2D eigenvalue weighted by Gasteiger charge is -2.07. The third kappa shape index (κ3) is 4.87. The van der Waals surface area contributed by atoms with Crippen LogP contribution in [-0.2, 0) is 14.3 Å². The topological polar surface area (TPSA) is 106 Å². The zero-order chi connectivity index (χ0) is 24.2. The second kappa shape index (κ2) is 9.93. The molecule has 1 aliphatic rings. The summed E-state index contributed by atoms with van der Waals surface area (Å²) in [7, 11) is 0. The van der Waals surface area contributed by atoms with Gasteiger partial charge >= 0.3 is 11.9 Å². The largest absolute Gasteiger partial charge is 0.478 e. The Morgan fingerprint density at radius 1 is 1.12 bits per heavy atom. The summed E-state index contributed by atoms with van der Waals surface area (Å²) < 4.78 is 10.9. The van der Waals surface area contributed by atoms with Gasteiger partial charge in [-0.1, -0.05) is 47.7 Å². The number of Topliss-reactive ketones (excluding diaryl/α,β-unsaturated/α-hetero) is 1. The second-order valence-electron chi connectivity index (χ2n) is 7.50. The zero-order valence-electron chi connectivity index (χ0n) is 18.5. The van der Waals surface area contributed by atoms with E-state index in [0.29, 0.717) is 27.8 Å². The van der Waals surface area contributed by atoms with E-state index in [-0.39, 0.29) is 17.1 Å². The van der Waals surface area contributed by atoms with E-state index < -0.39 is 23.6 Å². The molecular weight excluding hydrogens is 454 g/mol. The molecule has 1 aromatic heterocycles. The number of carbonyl (C=O) groups excluding carboxylic acids is 2. The van der Waals surface area contributed by atoms with E-state index in [4.69, 9.17) is 9.15 Å². The number of rotatable bonds is 6. The van der Waals surface area contributed by atoms with Gasteiger partial charge in [0.25, 0.3) is 0 Å². The summed E-state index contributed by atoms with van der Waals surface area (Å²) in [6.45, 7) is 3.78. The molecule has 3 aromatic rings. The predicted molar refractivity (Wildman–Crippen MR) is 130 cm³/mol. The van der Waals surface area contributed by atoms with Crippen molar-refractivity contribution in [1.82, 2.24) is 0 Å². The summed E-state index contributed by atoms with van der Waals surface area (Å²) in [6.07, 6.45) is 1.53. The summed E-state index contributed by atoms with van der Waals surface area (Å²) >= 11 is 1.09. The van der Waals surface area contributed by atoms with Gasteiger partial charge in [-0.3, -0.25) is 9.59 Å². The molecule has 1 fully saturated rings. The van der Waals surface area contributed by atoms with Gasteiger partial charge in [0.15, 0.2) is 11.7 Å². The summed E-state index contributed by atoms with van der Waals surface area (Å²) in [5, 5.41) is 9.76. The molecule has 0 radical (unpaired) electrons. The monoisotopic (exact) mass is 475 g/mol. The standard InChI is InChI=1S/C26H21NO6S/c1-3-32-26(31)22-23(28)21(34-24(22)27-16-10-8-15(2)9-11-16)14-17-12-13-20(33-17)18-6-4-5-7-19(18)25(29)30/h4-14,22H,3H2,1-2H3,(H,29,30)/b21-14-,27-24?. The Hall–Kier alpha value is -3.91. The summed E-state index contributed by atoms with van der Waals surface area (Å²) in [6, 6.07) is 17.2. The molecule has 1 saturated heterocycles. The minimum absolute atomic E-state index is 0.109. The number of furan rings is 1. The highest BCUT2D eigenvalue weighted by Crippen LogP contribution is 2.39. The van der Waals surface area contributed by atoms with Crippen LogP contribution in [0.5, 0.6) is 0 Å². The molecule has 0 aliphatic carbocycles. The van der Waals surface area contributed by atoms with Crippen LogP contribution in [0.25, 0.3) is 17.4 Å². The van der Waals surface area contributed by atoms with Crippen LogP contribution in [0.15, 0.2) is 75.0 Å². The summed E-state index contributed by atoms with van der Waals surface area (Å²) in [5.41, 5.74) is 2.23. The van der Waals surface area contributed by atoms with E-state index in [9.17, 15) is 19.5 Å². The smallest absolute Gasteiger partial charge is 0.336 e. The van der Waals surface area contributed by atoms with Gasteiger partial charge in [0.1, 0.15) is 16.6 Å². The van der Waals surface area contributed by atoms with Crippen LogP contribution in [0.1, 0.15) is 28.6 Å². The molecule has 1 unspecified atom stereocenters. The average molecular weight is 476 g/mol. The lowest BCUT2D eigenvalue weighted by atomic mass is 10.1. The fraction of sp³-hybridized carbons (Fsp3) is 0.154. The minimum Gasteiger partial charge on any atom is -0.478 e. The van der Waals surface area contributed by atoms with Gasteiger partial charge in [-0.25, -0.2) is 9.79 Å². The number of hydrogen-bond donors (Lipinski definition) is 1. The molecule has 1 atom stereocenters. The number of nitrogens with zero attached hydrogens (tertiary/aromatic N) is 1. The van der Waals surface area contributed by atoms with Gasteiger partial charge in [-0.15, -0.1) is 0 Å². The van der Waals surface area contributed by atoms with E-state index in [2.05, 4.69) is 4.99 Å². The number of aryl methyl sites for hydroxylation is 1. The lowest BCUT2D eigenvalue weighted by Crippen LogP contribution is -2.27. The predicted octanol–water partition coefficient (Wildman–Crippen LogP) is 5.52. The van der Waals surface area contributed by atoms with E-state index >= 15 is 0 Å². The molecule has 0 spiro atoms. The molecule has 172 valence electrons. The van der Waals surface area contributed by atoms with Crippen molar-refractivity contribution in [3.05, 3.63) is 82.5 Å². The molecular formula is C26H21NO6S. The number of carbonyl (C=O) groups is 3. The number of aliphatic imine (C=N–C) groups is 1. The molecule has 1 aliphatic heterocycles. The first kappa shape index (κ1) is 23.3. The van der Waals surface area contributed by atoms with Crippen molar-refractivity contribution in [2.75, 3.05) is 6.61 Å². The van der Waals surface area contributed by atoms with Crippen molar-refractivity contribution in [1.29, 1.82) is 0 Å². The van der Waals surface area contributed by atoms with E-state index in [1.54, 1.807) is 37.3 Å². The number of esters is 1. The number of hydrogen-bond acceptors (Lipinski definition) is 7. The Bertz CT molecular complexity index is 1320. The maximum Gasteiger partial charge on any atom is 0.336 e. The molecule has 0 bridgehead atoms. The van der Waals surface area contributed by atoms with Crippen LogP contribution < -0.4 is 0 Å². The number of allylic oxidation sites excluding steroid dienone is 1. The Kier molecular flexibility index (Phi) is 6.79. The van der Waals surface area contributed by atoms with Gasteiger partial charge in [-0.2, -0.15) is 0 Å². The molecule has 8 heteroatoms. The van der Waals surface area contributed by atoms with Gasteiger partial charge < -0.3 is 14.3 Å². The highest BCUT2D eigenvalue weighted by atomic mass is 32.2. The Morgan fingerprint density at radius 3 is 2.56 bits per heavy atom. The van der Waals surface area contributed by atoms with Crippen LogP contribution >= 0.6 is 11.8 Å². The van der Waals surface area contributed by atoms with Crippen LogP contribution in [0, 0.1) is 12.8 Å². The Balaban J connectivity index is 1.68. The zero-order valence-corrected chi connectivity index (χ0v) is 19.3. The van der Waals surface area contributed by atoms with Crippen molar-refractivity contribution in [2.45, 2.75) is 13.8 Å². The number of ether oxygens (including phenoxy) is 1. The molecule has 7 nitrogen and oxygen atoms in total. The highest BCUT2D eigenvalue weighted by molar-refractivity contribution is 8.19. The number of carboxylic acid groups (broad SMARTS) is 1. The molecule has 1 N–H and O–H groups in total. The maximum absolute atomic E-state index is 13.1. The molecule has 2 aromatic carbocycles. The van der Waals surface area contributed by atoms with Crippen molar-refractivity contribution in [2.24, 2.45) is 10.9 Å². The lowest BCUT2D eigenvalue weighted by molar-refractivity contribution is -0.147. The van der Waals surface area contributed by atoms with Crippen molar-refractivity contribution in [3.63, 3.8) is 0 Å². The molecule has 0 saturated carbocycles. The van der Waals surface area contributed by atoms with Crippen molar-refractivity contribution in [3.8, 4) is 11.3 Å². The Morgan fingerprint density at radius 2 is 1.85 bits per heavy atom. The quantitative estimate of drug-likeness (QED) is 0.284. The third-order valence-corrected chi connectivity index (χ3v) is 6.16. The number of thioether (sulfide) groups is 1. The van der Waals surface area contributed by atoms with E-state index in [1.165, 1.54) is 12.1 Å². The fourth-order valence-electron chi connectivity index (χ4n) is 3.43. The number of carboxylic acids is 1.